The van der Waals surface area contributed by atoms with Gasteiger partial charge in [0, 0.05) is 13.2 Å². The number of hydrogen-bond donors (Lipinski definition) is 2. The maximum absolute atomic E-state index is 11.8. The Morgan fingerprint density at radius 3 is 2.88 bits per heavy atom. The minimum absolute atomic E-state index is 0.190. The molecule has 4 heteroatoms. The fourth-order valence-corrected chi connectivity index (χ4v) is 2.83. The van der Waals surface area contributed by atoms with Crippen LogP contribution in [0.2, 0.25) is 0 Å². The molecule has 0 aromatic heterocycles. The number of carbonyl (C=O) groups excluding carboxylic acids is 1. The van der Waals surface area contributed by atoms with Crippen LogP contribution < -0.4 is 11.1 Å². The van der Waals surface area contributed by atoms with E-state index >= 15 is 0 Å². The summed E-state index contributed by atoms with van der Waals surface area (Å²) in [5.74, 6) is 0.142. The van der Waals surface area contributed by atoms with E-state index in [0.29, 0.717) is 5.92 Å². The van der Waals surface area contributed by atoms with E-state index in [2.05, 4.69) is 12.2 Å². The molecule has 0 radical (unpaired) electrons. The number of nitrogens with one attached hydrogen (secondary N) is 1. The van der Waals surface area contributed by atoms with Crippen LogP contribution in [0.3, 0.4) is 0 Å². The van der Waals surface area contributed by atoms with Crippen molar-refractivity contribution in [3.63, 3.8) is 0 Å². The first kappa shape index (κ1) is 14.5. The van der Waals surface area contributed by atoms with Crippen molar-refractivity contribution in [2.75, 3.05) is 19.8 Å². The molecule has 2 atom stereocenters. The van der Waals surface area contributed by atoms with Gasteiger partial charge in [0.15, 0.2) is 0 Å². The molecule has 1 saturated carbocycles. The number of hydrogen-bond acceptors (Lipinski definition) is 3. The molecule has 1 rings (SSSR count). The summed E-state index contributed by atoms with van der Waals surface area (Å²) in [5.41, 5.74) is 5.15. The Kier molecular flexibility index (Phi) is 5.92. The summed E-state index contributed by atoms with van der Waals surface area (Å²) in [7, 11) is 0. The maximum atomic E-state index is 11.8. The third kappa shape index (κ3) is 3.42. The summed E-state index contributed by atoms with van der Waals surface area (Å²) >= 11 is 0. The van der Waals surface area contributed by atoms with Gasteiger partial charge in [-0.25, -0.2) is 0 Å². The van der Waals surface area contributed by atoms with Crippen LogP contribution in [0.4, 0.5) is 0 Å². The predicted molar refractivity (Wildman–Crippen MR) is 68.7 cm³/mol. The van der Waals surface area contributed by atoms with E-state index in [9.17, 15) is 4.79 Å². The lowest BCUT2D eigenvalue weighted by Crippen LogP contribution is -2.58. The maximum Gasteiger partial charge on any atom is 0.238 e. The number of rotatable bonds is 8. The smallest absolute Gasteiger partial charge is 0.238 e. The molecule has 0 bridgehead atoms. The van der Waals surface area contributed by atoms with Crippen molar-refractivity contribution >= 4 is 5.91 Å². The molecular formula is C13H26N2O2. The summed E-state index contributed by atoms with van der Waals surface area (Å²) in [6.07, 6.45) is 4.98. The minimum Gasteiger partial charge on any atom is -0.382 e. The van der Waals surface area contributed by atoms with Crippen LogP contribution in [0.15, 0.2) is 0 Å². The molecular weight excluding hydrogens is 216 g/mol. The highest BCUT2D eigenvalue weighted by atomic mass is 16.5. The van der Waals surface area contributed by atoms with Gasteiger partial charge in [0.2, 0.25) is 5.91 Å². The lowest BCUT2D eigenvalue weighted by Gasteiger charge is -2.33. The average molecular weight is 242 g/mol. The van der Waals surface area contributed by atoms with Crippen LogP contribution in [0.5, 0.6) is 0 Å². The van der Waals surface area contributed by atoms with Crippen LogP contribution in [0, 0.1) is 5.92 Å². The SMILES string of the molecule is CCCNC1(C(N)=O)CCCC1CCOCC. The third-order valence-corrected chi connectivity index (χ3v) is 3.77. The molecule has 0 aromatic carbocycles. The molecule has 1 aliphatic rings. The monoisotopic (exact) mass is 242 g/mol. The molecule has 0 heterocycles. The van der Waals surface area contributed by atoms with Gasteiger partial charge < -0.3 is 15.8 Å². The van der Waals surface area contributed by atoms with Crippen molar-refractivity contribution in [2.24, 2.45) is 11.7 Å². The zero-order valence-corrected chi connectivity index (χ0v) is 11.1. The van der Waals surface area contributed by atoms with Gasteiger partial charge in [-0.05, 0) is 45.1 Å². The molecule has 4 nitrogen and oxygen atoms in total. The van der Waals surface area contributed by atoms with Crippen molar-refractivity contribution in [1.29, 1.82) is 0 Å². The third-order valence-electron chi connectivity index (χ3n) is 3.77. The Morgan fingerprint density at radius 2 is 2.29 bits per heavy atom. The number of ether oxygens (including phenoxy) is 1. The molecule has 3 N–H and O–H groups in total. The van der Waals surface area contributed by atoms with Crippen molar-refractivity contribution in [3.8, 4) is 0 Å². The summed E-state index contributed by atoms with van der Waals surface area (Å²) < 4.78 is 5.39. The van der Waals surface area contributed by atoms with Gasteiger partial charge in [0.25, 0.3) is 0 Å². The molecule has 1 fully saturated rings. The first-order valence-electron chi connectivity index (χ1n) is 6.80. The predicted octanol–water partition coefficient (Wildman–Crippen LogP) is 1.44. The van der Waals surface area contributed by atoms with Gasteiger partial charge in [0.1, 0.15) is 5.54 Å². The van der Waals surface area contributed by atoms with Gasteiger partial charge in [0.05, 0.1) is 0 Å². The Labute approximate surface area is 104 Å². The fourth-order valence-electron chi connectivity index (χ4n) is 2.83. The topological polar surface area (TPSA) is 64.3 Å². The molecule has 0 aromatic rings. The molecule has 1 amide bonds. The van der Waals surface area contributed by atoms with Gasteiger partial charge in [-0.1, -0.05) is 13.3 Å². The Bertz CT molecular complexity index is 246. The highest BCUT2D eigenvalue weighted by molar-refractivity contribution is 5.85. The normalized spacial score (nSPS) is 28.5. The molecule has 1 aliphatic carbocycles. The largest absolute Gasteiger partial charge is 0.382 e. The fraction of sp³-hybridized carbons (Fsp3) is 0.923. The Hall–Kier alpha value is -0.610. The van der Waals surface area contributed by atoms with Crippen LogP contribution in [0.25, 0.3) is 0 Å². The lowest BCUT2D eigenvalue weighted by molar-refractivity contribution is -0.126. The van der Waals surface area contributed by atoms with Gasteiger partial charge in [-0.15, -0.1) is 0 Å². The summed E-state index contributed by atoms with van der Waals surface area (Å²) in [4.78, 5) is 11.8. The summed E-state index contributed by atoms with van der Waals surface area (Å²) in [6, 6.07) is 0. The molecule has 100 valence electrons. The highest BCUT2D eigenvalue weighted by Gasteiger charge is 2.46. The highest BCUT2D eigenvalue weighted by Crippen LogP contribution is 2.37. The van der Waals surface area contributed by atoms with Gasteiger partial charge in [-0.2, -0.15) is 0 Å². The second-order valence-corrected chi connectivity index (χ2v) is 4.84. The van der Waals surface area contributed by atoms with Crippen molar-refractivity contribution in [1.82, 2.24) is 5.32 Å². The van der Waals surface area contributed by atoms with Gasteiger partial charge in [-0.3, -0.25) is 4.79 Å². The molecule has 0 saturated heterocycles. The summed E-state index contributed by atoms with van der Waals surface area (Å²) in [5, 5.41) is 3.39. The minimum atomic E-state index is -0.479. The number of nitrogens with two attached hydrogens (primary N) is 1. The van der Waals surface area contributed by atoms with E-state index in [-0.39, 0.29) is 5.91 Å². The van der Waals surface area contributed by atoms with Crippen LogP contribution in [-0.2, 0) is 9.53 Å². The van der Waals surface area contributed by atoms with Crippen LogP contribution >= 0.6 is 0 Å². The lowest BCUT2D eigenvalue weighted by atomic mass is 9.84. The number of amides is 1. The van der Waals surface area contributed by atoms with Crippen LogP contribution in [0.1, 0.15) is 46.0 Å². The average Bonchev–Trinajstić information content (AvgIpc) is 2.71. The quantitative estimate of drug-likeness (QED) is 0.633. The van der Waals surface area contributed by atoms with E-state index in [1.165, 1.54) is 0 Å². The van der Waals surface area contributed by atoms with E-state index < -0.39 is 5.54 Å². The first-order chi connectivity index (χ1) is 8.17. The molecule has 17 heavy (non-hydrogen) atoms. The van der Waals surface area contributed by atoms with E-state index in [1.54, 1.807) is 0 Å². The Balaban J connectivity index is 2.61. The second-order valence-electron chi connectivity index (χ2n) is 4.84. The summed E-state index contributed by atoms with van der Waals surface area (Å²) in [6.45, 7) is 6.41. The Morgan fingerprint density at radius 1 is 1.53 bits per heavy atom. The van der Waals surface area contributed by atoms with Crippen molar-refractivity contribution in [2.45, 2.75) is 51.5 Å². The number of carbonyl (C=O) groups is 1. The zero-order chi connectivity index (χ0) is 12.7. The van der Waals surface area contributed by atoms with Crippen molar-refractivity contribution in [3.05, 3.63) is 0 Å². The first-order valence-corrected chi connectivity index (χ1v) is 6.80. The van der Waals surface area contributed by atoms with Crippen molar-refractivity contribution < 1.29 is 9.53 Å². The second kappa shape index (κ2) is 6.97. The zero-order valence-electron chi connectivity index (χ0n) is 11.1. The number of primary amides is 1. The molecule has 2 unspecified atom stereocenters. The van der Waals surface area contributed by atoms with E-state index in [4.69, 9.17) is 10.5 Å². The van der Waals surface area contributed by atoms with Gasteiger partial charge >= 0.3 is 0 Å². The molecule has 0 spiro atoms. The van der Waals surface area contributed by atoms with Crippen LogP contribution in [-0.4, -0.2) is 31.2 Å². The van der Waals surface area contributed by atoms with E-state index in [1.807, 2.05) is 6.92 Å². The standard InChI is InChI=1S/C13H26N2O2/c1-3-9-15-13(12(14)16)8-5-6-11(13)7-10-17-4-2/h11,15H,3-10H2,1-2H3,(H2,14,16). The molecule has 0 aliphatic heterocycles. The van der Waals surface area contributed by atoms with E-state index in [0.717, 1.165) is 51.9 Å².